The van der Waals surface area contributed by atoms with E-state index in [2.05, 4.69) is 6.92 Å². The van der Waals surface area contributed by atoms with E-state index in [1.165, 1.54) is 25.7 Å². The number of hydrogen-bond acceptors (Lipinski definition) is 2. The van der Waals surface area contributed by atoms with Gasteiger partial charge in [0.2, 0.25) is 0 Å². The van der Waals surface area contributed by atoms with Gasteiger partial charge in [0.1, 0.15) is 0 Å². The molecule has 21 heteroatoms. The second-order valence-corrected chi connectivity index (χ2v) is 13.7. The van der Waals surface area contributed by atoms with Crippen molar-refractivity contribution in [1.82, 2.24) is 4.31 Å². The first kappa shape index (κ1) is 46.7. The molecule has 0 aromatic carbocycles. The number of unbranched alkanes of at least 4 members (excludes halogenated alkanes) is 15. The molecule has 0 atom stereocenters. The summed E-state index contributed by atoms with van der Waals surface area (Å²) in [6, 6.07) is 0. The molecule has 0 bridgehead atoms. The standard InChI is InChI=1S/C27H40F17NO2S/c1-3-4-5-6-7-8-9-10-11-12-13-14-15-16-17-18-19-45(2)48(46,47)27(43,44)25(38,39)23(34,35)21(30,31)20(28,29)22(32,33)24(36,37)26(40,41)42/h3-19H2,1-2H3. The predicted octanol–water partition coefficient (Wildman–Crippen LogP) is 11.5. The van der Waals surface area contributed by atoms with Crippen LogP contribution >= 0.6 is 0 Å². The first-order valence-electron chi connectivity index (χ1n) is 15.2. The van der Waals surface area contributed by atoms with Crippen LogP contribution in [0, 0.1) is 0 Å². The molecule has 0 aliphatic rings. The second kappa shape index (κ2) is 17.3. The Labute approximate surface area is 268 Å². The normalized spacial score (nSPS) is 15.1. The molecule has 0 aliphatic carbocycles. The van der Waals surface area contributed by atoms with Crippen molar-refractivity contribution in [3.63, 3.8) is 0 Å². The largest absolute Gasteiger partial charge is 0.460 e. The topological polar surface area (TPSA) is 37.4 Å². The van der Waals surface area contributed by atoms with Crippen LogP contribution in [0.2, 0.25) is 0 Å². The van der Waals surface area contributed by atoms with E-state index in [0.717, 1.165) is 51.4 Å². The van der Waals surface area contributed by atoms with Gasteiger partial charge < -0.3 is 0 Å². The van der Waals surface area contributed by atoms with Gasteiger partial charge in [0.15, 0.2) is 0 Å². The van der Waals surface area contributed by atoms with Crippen LogP contribution in [0.3, 0.4) is 0 Å². The Bertz CT molecular complexity index is 1060. The quantitative estimate of drug-likeness (QED) is 0.0686. The zero-order valence-electron chi connectivity index (χ0n) is 26.1. The van der Waals surface area contributed by atoms with Gasteiger partial charge in [-0.25, -0.2) is 8.42 Å². The maximum absolute atomic E-state index is 14.3. The van der Waals surface area contributed by atoms with Crippen LogP contribution < -0.4 is 0 Å². The van der Waals surface area contributed by atoms with E-state index in [4.69, 9.17) is 0 Å². The lowest BCUT2D eigenvalue weighted by Crippen LogP contribution is -2.75. The zero-order chi connectivity index (χ0) is 38.1. The SMILES string of the molecule is CCCCCCCCCCCCCCCCCCN(C)S(=O)(=O)C(F)(F)C(F)(F)C(F)(F)C(F)(F)C(F)(F)C(F)(F)C(F)(F)C(F)(F)F. The van der Waals surface area contributed by atoms with Crippen molar-refractivity contribution in [2.24, 2.45) is 0 Å². The molecule has 0 aliphatic heterocycles. The number of alkyl halides is 17. The first-order valence-corrected chi connectivity index (χ1v) is 16.6. The highest BCUT2D eigenvalue weighted by Gasteiger charge is 2.96. The molecule has 0 radical (unpaired) electrons. The van der Waals surface area contributed by atoms with Crippen molar-refractivity contribution in [3.8, 4) is 0 Å². The summed E-state index contributed by atoms with van der Waals surface area (Å²) >= 11 is 0. The van der Waals surface area contributed by atoms with Crippen molar-refractivity contribution in [3.05, 3.63) is 0 Å². The number of sulfonamides is 1. The van der Waals surface area contributed by atoms with E-state index in [1.54, 1.807) is 0 Å². The van der Waals surface area contributed by atoms with Crippen molar-refractivity contribution in [1.29, 1.82) is 0 Å². The highest BCUT2D eigenvalue weighted by molar-refractivity contribution is 7.90. The molecule has 0 saturated carbocycles. The van der Waals surface area contributed by atoms with E-state index in [9.17, 15) is 83.1 Å². The summed E-state index contributed by atoms with van der Waals surface area (Å²) in [7, 11) is -7.14. The van der Waals surface area contributed by atoms with Crippen LogP contribution in [0.15, 0.2) is 0 Å². The minimum Gasteiger partial charge on any atom is -0.206 e. The average Bonchev–Trinajstić information content (AvgIpc) is 2.95. The Morgan fingerprint density at radius 2 is 0.646 bits per heavy atom. The molecule has 3 nitrogen and oxygen atoms in total. The van der Waals surface area contributed by atoms with E-state index < -0.39 is 67.8 Å². The third kappa shape index (κ3) is 9.53. The molecule has 48 heavy (non-hydrogen) atoms. The van der Waals surface area contributed by atoms with Gasteiger partial charge >= 0.3 is 47.0 Å². The van der Waals surface area contributed by atoms with Gasteiger partial charge in [-0.3, -0.25) is 0 Å². The molecule has 290 valence electrons. The zero-order valence-corrected chi connectivity index (χ0v) is 26.9. The van der Waals surface area contributed by atoms with E-state index in [1.807, 2.05) is 0 Å². The Hall–Kier alpha value is -1.28. The summed E-state index contributed by atoms with van der Waals surface area (Å²) < 4.78 is 252. The van der Waals surface area contributed by atoms with Gasteiger partial charge in [0.25, 0.3) is 10.0 Å². The molecule has 0 fully saturated rings. The van der Waals surface area contributed by atoms with Gasteiger partial charge in [-0.1, -0.05) is 103 Å². The van der Waals surface area contributed by atoms with Gasteiger partial charge in [0, 0.05) is 13.6 Å². The molecule has 0 aromatic rings. The van der Waals surface area contributed by atoms with Gasteiger partial charge in [-0.15, -0.1) is 0 Å². The molecule has 0 saturated heterocycles. The smallest absolute Gasteiger partial charge is 0.206 e. The molecule has 0 unspecified atom stereocenters. The lowest BCUT2D eigenvalue weighted by Gasteiger charge is -2.42. The third-order valence-corrected chi connectivity index (χ3v) is 9.66. The fraction of sp³-hybridized carbons (Fsp3) is 1.00. The molecule has 0 heterocycles. The molecule has 0 aromatic heterocycles. The highest BCUT2D eigenvalue weighted by atomic mass is 32.2. The third-order valence-electron chi connectivity index (χ3n) is 7.75. The van der Waals surface area contributed by atoms with Crippen LogP contribution in [-0.4, -0.2) is 73.3 Å². The monoisotopic (exact) mass is 765 g/mol. The van der Waals surface area contributed by atoms with Crippen molar-refractivity contribution < 1.29 is 83.1 Å². The Balaban J connectivity index is 5.27. The fourth-order valence-corrected chi connectivity index (χ4v) is 5.72. The van der Waals surface area contributed by atoms with Crippen LogP contribution in [0.1, 0.15) is 110 Å². The molecular weight excluding hydrogens is 725 g/mol. The first-order chi connectivity index (χ1) is 21.5. The fourth-order valence-electron chi connectivity index (χ4n) is 4.51. The maximum atomic E-state index is 14.3. The lowest BCUT2D eigenvalue weighted by atomic mass is 9.91. The molecule has 0 amide bonds. The Morgan fingerprint density at radius 3 is 0.938 bits per heavy atom. The van der Waals surface area contributed by atoms with Crippen LogP contribution in [-0.2, 0) is 10.0 Å². The van der Waals surface area contributed by atoms with E-state index in [0.29, 0.717) is 12.8 Å². The summed E-state index contributed by atoms with van der Waals surface area (Å²) in [5.74, 6) is -51.5. The van der Waals surface area contributed by atoms with Crippen molar-refractivity contribution in [2.45, 2.75) is 157 Å². The number of rotatable bonds is 25. The number of hydrogen-bond donors (Lipinski definition) is 0. The van der Waals surface area contributed by atoms with Crippen molar-refractivity contribution >= 4 is 10.0 Å². The molecule has 0 rings (SSSR count). The lowest BCUT2D eigenvalue weighted by molar-refractivity contribution is -0.458. The van der Waals surface area contributed by atoms with Gasteiger partial charge in [-0.2, -0.15) is 78.9 Å². The summed E-state index contributed by atoms with van der Waals surface area (Å²) in [5.41, 5.74) is 0. The Kier molecular flexibility index (Phi) is 16.8. The summed E-state index contributed by atoms with van der Waals surface area (Å²) in [4.78, 5) is 0. The average molecular weight is 766 g/mol. The van der Waals surface area contributed by atoms with Crippen LogP contribution in [0.25, 0.3) is 0 Å². The second-order valence-electron chi connectivity index (χ2n) is 11.6. The summed E-state index contributed by atoms with van der Waals surface area (Å²) in [5, 5.41) is -7.51. The van der Waals surface area contributed by atoms with Crippen LogP contribution in [0.4, 0.5) is 74.6 Å². The van der Waals surface area contributed by atoms with Crippen molar-refractivity contribution in [2.75, 3.05) is 13.6 Å². The summed E-state index contributed by atoms with van der Waals surface area (Å²) in [6.45, 7) is 0.989. The molecular formula is C27H40F17NO2S. The summed E-state index contributed by atoms with van der Waals surface area (Å²) in [6.07, 6.45) is 5.50. The van der Waals surface area contributed by atoms with E-state index in [-0.39, 0.29) is 19.9 Å². The maximum Gasteiger partial charge on any atom is 0.460 e. The van der Waals surface area contributed by atoms with Gasteiger partial charge in [-0.05, 0) is 6.42 Å². The minimum absolute atomic E-state index is 0.0583. The van der Waals surface area contributed by atoms with Gasteiger partial charge in [0.05, 0.1) is 0 Å². The molecule has 0 N–H and O–H groups in total. The predicted molar refractivity (Wildman–Crippen MR) is 142 cm³/mol. The number of halogens is 17. The Morgan fingerprint density at radius 1 is 0.396 bits per heavy atom. The highest BCUT2D eigenvalue weighted by Crippen LogP contribution is 2.64. The molecule has 0 spiro atoms. The van der Waals surface area contributed by atoms with E-state index >= 15 is 0 Å². The minimum atomic E-state index is -8.83. The number of nitrogens with zero attached hydrogens (tertiary/aromatic N) is 1. The van der Waals surface area contributed by atoms with Crippen LogP contribution in [0.5, 0.6) is 0 Å².